The molecule has 4 heteroatoms. The van der Waals surface area contributed by atoms with Crippen LogP contribution in [0.15, 0.2) is 28.7 Å². The highest BCUT2D eigenvalue weighted by Gasteiger charge is 2.13. The van der Waals surface area contributed by atoms with Crippen LogP contribution in [0.4, 0.5) is 0 Å². The molecule has 15 heavy (non-hydrogen) atoms. The zero-order valence-corrected chi connectivity index (χ0v) is 9.77. The average molecular weight is 270 g/mol. The number of halogens is 1. The lowest BCUT2D eigenvalue weighted by Crippen LogP contribution is -2.05. The third-order valence-electron chi connectivity index (χ3n) is 1.89. The van der Waals surface area contributed by atoms with Gasteiger partial charge >= 0.3 is 0 Å². The highest BCUT2D eigenvalue weighted by Crippen LogP contribution is 2.25. The summed E-state index contributed by atoms with van der Waals surface area (Å²) in [5.74, 6) is 0. The number of hydrogen-bond acceptors (Lipinski definition) is 3. The van der Waals surface area contributed by atoms with Crippen molar-refractivity contribution in [3.63, 3.8) is 0 Å². The molecule has 0 spiro atoms. The van der Waals surface area contributed by atoms with Crippen molar-refractivity contribution in [3.05, 3.63) is 34.3 Å². The molecule has 0 aliphatic carbocycles. The predicted octanol–water partition coefficient (Wildman–Crippen LogP) is 2.41. The monoisotopic (exact) mass is 269 g/mol. The zero-order chi connectivity index (χ0) is 11.1. The van der Waals surface area contributed by atoms with E-state index < -0.39 is 6.10 Å². The number of ether oxygens (including phenoxy) is 1. The summed E-state index contributed by atoms with van der Waals surface area (Å²) >= 11 is 3.37. The van der Waals surface area contributed by atoms with E-state index in [1.54, 1.807) is 0 Å². The van der Waals surface area contributed by atoms with Crippen molar-refractivity contribution in [2.75, 3.05) is 13.2 Å². The largest absolute Gasteiger partial charge is 0.396 e. The fraction of sp³-hybridized carbons (Fsp3) is 0.364. The van der Waals surface area contributed by atoms with Gasteiger partial charge in [-0.05, 0) is 12.5 Å². The SMILES string of the molecule is N#CC(OCCCO)c1ccccc1Br. The van der Waals surface area contributed by atoms with Gasteiger partial charge in [0.05, 0.1) is 12.7 Å². The number of aliphatic hydroxyl groups excluding tert-OH is 1. The van der Waals surface area contributed by atoms with Gasteiger partial charge < -0.3 is 9.84 Å². The summed E-state index contributed by atoms with van der Waals surface area (Å²) in [5, 5.41) is 17.5. The molecule has 0 aliphatic rings. The lowest BCUT2D eigenvalue weighted by Gasteiger charge is -2.11. The van der Waals surface area contributed by atoms with E-state index in [0.29, 0.717) is 13.0 Å². The summed E-state index contributed by atoms with van der Waals surface area (Å²) in [6.07, 6.45) is -0.0325. The molecule has 1 atom stereocenters. The van der Waals surface area contributed by atoms with Gasteiger partial charge in [0.25, 0.3) is 0 Å². The second kappa shape index (κ2) is 6.57. The molecule has 3 nitrogen and oxygen atoms in total. The first kappa shape index (κ1) is 12.2. The minimum atomic E-state index is -0.577. The molecular weight excluding hydrogens is 258 g/mol. The van der Waals surface area contributed by atoms with E-state index in [1.807, 2.05) is 24.3 Å². The Bertz CT molecular complexity index is 349. The van der Waals surface area contributed by atoms with Crippen molar-refractivity contribution in [2.24, 2.45) is 0 Å². The maximum atomic E-state index is 8.94. The van der Waals surface area contributed by atoms with Gasteiger partial charge in [-0.25, -0.2) is 0 Å². The molecule has 80 valence electrons. The molecule has 0 bridgehead atoms. The maximum absolute atomic E-state index is 8.94. The van der Waals surface area contributed by atoms with Crippen LogP contribution in [0.25, 0.3) is 0 Å². The number of nitrogens with zero attached hydrogens (tertiary/aromatic N) is 1. The maximum Gasteiger partial charge on any atom is 0.170 e. The first-order valence-corrected chi connectivity index (χ1v) is 5.45. The van der Waals surface area contributed by atoms with Crippen molar-refractivity contribution in [3.8, 4) is 6.07 Å². The summed E-state index contributed by atoms with van der Waals surface area (Å²) in [5.41, 5.74) is 0.818. The summed E-state index contributed by atoms with van der Waals surface area (Å²) in [6, 6.07) is 9.54. The fourth-order valence-electron chi connectivity index (χ4n) is 1.15. The minimum Gasteiger partial charge on any atom is -0.396 e. The highest BCUT2D eigenvalue weighted by atomic mass is 79.9. The smallest absolute Gasteiger partial charge is 0.170 e. The average Bonchev–Trinajstić information content (AvgIpc) is 2.26. The van der Waals surface area contributed by atoms with Crippen molar-refractivity contribution < 1.29 is 9.84 Å². The van der Waals surface area contributed by atoms with Gasteiger partial charge in [0, 0.05) is 16.6 Å². The summed E-state index contributed by atoms with van der Waals surface area (Å²) in [7, 11) is 0. The second-order valence-electron chi connectivity index (χ2n) is 2.98. The third-order valence-corrected chi connectivity index (χ3v) is 2.61. The Morgan fingerprint density at radius 2 is 2.20 bits per heavy atom. The fourth-order valence-corrected chi connectivity index (χ4v) is 1.64. The summed E-state index contributed by atoms with van der Waals surface area (Å²) in [6.45, 7) is 0.462. The van der Waals surface area contributed by atoms with Gasteiger partial charge in [0.1, 0.15) is 0 Å². The Morgan fingerprint density at radius 1 is 1.47 bits per heavy atom. The Labute approximate surface area is 97.4 Å². The molecular formula is C11H12BrNO2. The quantitative estimate of drug-likeness (QED) is 0.836. The molecule has 0 aromatic heterocycles. The van der Waals surface area contributed by atoms with Gasteiger partial charge in [0.2, 0.25) is 0 Å². The normalized spacial score (nSPS) is 12.1. The Hall–Kier alpha value is -0.890. The van der Waals surface area contributed by atoms with Gasteiger partial charge in [-0.1, -0.05) is 34.1 Å². The van der Waals surface area contributed by atoms with Crippen molar-refractivity contribution in [2.45, 2.75) is 12.5 Å². The predicted molar refractivity (Wildman–Crippen MR) is 60.2 cm³/mol. The zero-order valence-electron chi connectivity index (χ0n) is 8.19. The van der Waals surface area contributed by atoms with Crippen molar-refractivity contribution in [1.82, 2.24) is 0 Å². The first-order valence-electron chi connectivity index (χ1n) is 4.66. The number of nitriles is 1. The lowest BCUT2D eigenvalue weighted by molar-refractivity contribution is 0.0770. The van der Waals surface area contributed by atoms with Crippen LogP contribution in [-0.4, -0.2) is 18.3 Å². The van der Waals surface area contributed by atoms with Gasteiger partial charge in [-0.15, -0.1) is 0 Å². The number of aliphatic hydroxyl groups is 1. The van der Waals surface area contributed by atoms with E-state index in [9.17, 15) is 0 Å². The molecule has 0 saturated heterocycles. The molecule has 1 unspecified atom stereocenters. The molecule has 1 aromatic rings. The molecule has 0 radical (unpaired) electrons. The molecule has 1 N–H and O–H groups in total. The Balaban J connectivity index is 2.67. The van der Waals surface area contributed by atoms with E-state index in [-0.39, 0.29) is 6.61 Å². The van der Waals surface area contributed by atoms with Crippen LogP contribution in [0.3, 0.4) is 0 Å². The van der Waals surface area contributed by atoms with E-state index >= 15 is 0 Å². The van der Waals surface area contributed by atoms with Crippen LogP contribution in [0.1, 0.15) is 18.1 Å². The van der Waals surface area contributed by atoms with E-state index in [4.69, 9.17) is 15.1 Å². The van der Waals surface area contributed by atoms with Gasteiger partial charge in [0.15, 0.2) is 6.10 Å². The Kier molecular flexibility index (Phi) is 5.33. The number of rotatable bonds is 5. The molecule has 0 amide bonds. The van der Waals surface area contributed by atoms with Crippen LogP contribution < -0.4 is 0 Å². The number of hydrogen-bond donors (Lipinski definition) is 1. The standard InChI is InChI=1S/C11H12BrNO2/c12-10-5-2-1-4-9(10)11(8-13)15-7-3-6-14/h1-2,4-5,11,14H,3,6-7H2. The van der Waals surface area contributed by atoms with Crippen LogP contribution in [0, 0.1) is 11.3 Å². The van der Waals surface area contributed by atoms with Crippen molar-refractivity contribution in [1.29, 1.82) is 5.26 Å². The summed E-state index contributed by atoms with van der Waals surface area (Å²) in [4.78, 5) is 0. The van der Waals surface area contributed by atoms with Crippen molar-refractivity contribution >= 4 is 15.9 Å². The van der Waals surface area contributed by atoms with E-state index in [2.05, 4.69) is 22.0 Å². The van der Waals surface area contributed by atoms with Crippen LogP contribution >= 0.6 is 15.9 Å². The van der Waals surface area contributed by atoms with Crippen LogP contribution in [0.5, 0.6) is 0 Å². The molecule has 1 aromatic carbocycles. The molecule has 0 aliphatic heterocycles. The second-order valence-corrected chi connectivity index (χ2v) is 3.83. The topological polar surface area (TPSA) is 53.2 Å². The van der Waals surface area contributed by atoms with Gasteiger partial charge in [-0.3, -0.25) is 0 Å². The van der Waals surface area contributed by atoms with E-state index in [0.717, 1.165) is 10.0 Å². The van der Waals surface area contributed by atoms with Crippen LogP contribution in [-0.2, 0) is 4.74 Å². The molecule has 0 fully saturated rings. The lowest BCUT2D eigenvalue weighted by atomic mass is 10.1. The molecule has 0 saturated carbocycles. The molecule has 1 rings (SSSR count). The van der Waals surface area contributed by atoms with E-state index in [1.165, 1.54) is 0 Å². The Morgan fingerprint density at radius 3 is 2.80 bits per heavy atom. The first-order chi connectivity index (χ1) is 7.29. The van der Waals surface area contributed by atoms with Crippen LogP contribution in [0.2, 0.25) is 0 Å². The third kappa shape index (κ3) is 3.63. The summed E-state index contributed by atoms with van der Waals surface area (Å²) < 4.78 is 6.21. The highest BCUT2D eigenvalue weighted by molar-refractivity contribution is 9.10. The van der Waals surface area contributed by atoms with Gasteiger partial charge in [-0.2, -0.15) is 5.26 Å². The number of benzene rings is 1. The molecule has 0 heterocycles. The minimum absolute atomic E-state index is 0.0775.